The molecule has 0 bridgehead atoms. The predicted octanol–water partition coefficient (Wildman–Crippen LogP) is 2.86. The van der Waals surface area contributed by atoms with Crippen molar-refractivity contribution in [3.63, 3.8) is 0 Å². The minimum absolute atomic E-state index is 0.186. The molecule has 136 valence electrons. The topological polar surface area (TPSA) is 63.4 Å². The molecule has 0 spiro atoms. The molecule has 1 aliphatic rings. The van der Waals surface area contributed by atoms with Gasteiger partial charge in [-0.05, 0) is 26.3 Å². The molecular formula is C19H26N2O4. The van der Waals surface area contributed by atoms with E-state index in [4.69, 9.17) is 16.0 Å². The van der Waals surface area contributed by atoms with E-state index in [0.29, 0.717) is 19.6 Å². The number of amides is 1. The van der Waals surface area contributed by atoms with Crippen molar-refractivity contribution in [1.29, 1.82) is 0 Å². The molecular weight excluding hydrogens is 320 g/mol. The third kappa shape index (κ3) is 5.18. The molecule has 1 aromatic carbocycles. The van der Waals surface area contributed by atoms with E-state index in [9.17, 15) is 9.90 Å². The molecule has 0 radical (unpaired) electrons. The van der Waals surface area contributed by atoms with Gasteiger partial charge in [0.25, 0.3) is 5.54 Å². The van der Waals surface area contributed by atoms with Gasteiger partial charge in [0.05, 0.1) is 6.61 Å². The van der Waals surface area contributed by atoms with Gasteiger partial charge < -0.3 is 19.4 Å². The largest absolute Gasteiger partial charge is 0.444 e. The van der Waals surface area contributed by atoms with Gasteiger partial charge in [-0.25, -0.2) is 11.4 Å². The number of benzene rings is 1. The number of ether oxygens (including phenoxy) is 2. The maximum absolute atomic E-state index is 12.0. The number of aliphatic hydroxyl groups excluding tert-OH is 1. The Morgan fingerprint density at radius 1 is 1.36 bits per heavy atom. The van der Waals surface area contributed by atoms with E-state index in [-0.39, 0.29) is 13.1 Å². The number of likely N-dealkylation sites (tertiary alicyclic amines) is 1. The van der Waals surface area contributed by atoms with Crippen LogP contribution in [0.2, 0.25) is 0 Å². The number of aliphatic hydroxyl groups is 1. The minimum Gasteiger partial charge on any atom is -0.444 e. The van der Waals surface area contributed by atoms with Crippen molar-refractivity contribution in [2.45, 2.75) is 51.0 Å². The summed E-state index contributed by atoms with van der Waals surface area (Å²) in [5.41, 5.74) is -0.457. The maximum atomic E-state index is 12.0. The molecule has 1 amide bonds. The van der Waals surface area contributed by atoms with Crippen LogP contribution in [0.4, 0.5) is 4.79 Å². The number of hydrogen-bond acceptors (Lipinski definition) is 4. The number of carbonyl (C=O) groups is 1. The van der Waals surface area contributed by atoms with Crippen LogP contribution < -0.4 is 0 Å². The zero-order valence-electron chi connectivity index (χ0n) is 15.1. The second-order valence-corrected chi connectivity index (χ2v) is 7.39. The smallest absolute Gasteiger partial charge is 0.410 e. The molecule has 1 N–H and O–H groups in total. The van der Waals surface area contributed by atoms with Gasteiger partial charge in [-0.15, -0.1) is 0 Å². The fourth-order valence-electron chi connectivity index (χ4n) is 2.65. The molecule has 1 aromatic rings. The van der Waals surface area contributed by atoms with Crippen LogP contribution in [0.1, 0.15) is 32.8 Å². The Kier molecular flexibility index (Phi) is 6.04. The average molecular weight is 346 g/mol. The van der Waals surface area contributed by atoms with Gasteiger partial charge in [0, 0.05) is 13.0 Å². The molecule has 2 rings (SSSR count). The van der Waals surface area contributed by atoms with Crippen molar-refractivity contribution in [3.8, 4) is 0 Å². The number of carbonyl (C=O) groups excluding carboxylic acids is 1. The van der Waals surface area contributed by atoms with Gasteiger partial charge in [-0.2, -0.15) is 0 Å². The summed E-state index contributed by atoms with van der Waals surface area (Å²) in [5, 5.41) is 10.4. The van der Waals surface area contributed by atoms with Crippen LogP contribution in [0.5, 0.6) is 0 Å². The summed E-state index contributed by atoms with van der Waals surface area (Å²) in [6, 6.07) is 9.78. The van der Waals surface area contributed by atoms with Crippen LogP contribution in [0.3, 0.4) is 0 Å². The highest BCUT2D eigenvalue weighted by molar-refractivity contribution is 5.70. The van der Waals surface area contributed by atoms with E-state index >= 15 is 0 Å². The molecule has 1 unspecified atom stereocenters. The zero-order chi connectivity index (χ0) is 18.5. The summed E-state index contributed by atoms with van der Waals surface area (Å²) in [4.78, 5) is 17.0. The fraction of sp³-hybridized carbons (Fsp3) is 0.579. The van der Waals surface area contributed by atoms with E-state index in [2.05, 4.69) is 4.85 Å². The van der Waals surface area contributed by atoms with Crippen LogP contribution in [-0.2, 0) is 16.1 Å². The van der Waals surface area contributed by atoms with Crippen LogP contribution in [0, 0.1) is 6.57 Å². The standard InChI is InChI=1S/C19H26N2O4/c1-18(2,3)25-17(23)21-13-19(14-21,20-4)16(22)10-11-24-12-15-8-6-5-7-9-15/h5-9,16,22H,10-14H2,1-3H3. The monoisotopic (exact) mass is 346 g/mol. The Bertz CT molecular complexity index is 613. The van der Waals surface area contributed by atoms with E-state index in [0.717, 1.165) is 5.56 Å². The SMILES string of the molecule is [C-]#[N+]C1(C(O)CCOCc2ccccc2)CN(C(=O)OC(C)(C)C)C1. The zero-order valence-corrected chi connectivity index (χ0v) is 15.1. The van der Waals surface area contributed by atoms with Gasteiger partial charge in [-0.1, -0.05) is 30.3 Å². The van der Waals surface area contributed by atoms with Crippen molar-refractivity contribution in [2.75, 3.05) is 19.7 Å². The molecule has 1 saturated heterocycles. The first-order valence-corrected chi connectivity index (χ1v) is 8.42. The summed E-state index contributed by atoms with van der Waals surface area (Å²) in [7, 11) is 0. The summed E-state index contributed by atoms with van der Waals surface area (Å²) in [6.07, 6.45) is -0.920. The molecule has 0 aromatic heterocycles. The molecule has 1 heterocycles. The van der Waals surface area contributed by atoms with Crippen LogP contribution in [0.15, 0.2) is 30.3 Å². The first kappa shape index (κ1) is 19.2. The summed E-state index contributed by atoms with van der Waals surface area (Å²) >= 11 is 0. The predicted molar refractivity (Wildman–Crippen MR) is 93.9 cm³/mol. The van der Waals surface area contributed by atoms with Crippen LogP contribution in [-0.4, -0.2) is 53.0 Å². The highest BCUT2D eigenvalue weighted by Gasteiger charge is 2.57. The molecule has 0 aliphatic carbocycles. The lowest BCUT2D eigenvalue weighted by atomic mass is 9.83. The van der Waals surface area contributed by atoms with E-state index < -0.39 is 23.3 Å². The quantitative estimate of drug-likeness (QED) is 0.635. The third-order valence-corrected chi connectivity index (χ3v) is 4.07. The Morgan fingerprint density at radius 2 is 2.00 bits per heavy atom. The summed E-state index contributed by atoms with van der Waals surface area (Å²) in [6.45, 7) is 14.0. The van der Waals surface area contributed by atoms with E-state index in [1.54, 1.807) is 20.8 Å². The van der Waals surface area contributed by atoms with E-state index in [1.807, 2.05) is 30.3 Å². The Labute approximate surface area is 149 Å². The Morgan fingerprint density at radius 3 is 2.56 bits per heavy atom. The van der Waals surface area contributed by atoms with Crippen molar-refractivity contribution in [2.24, 2.45) is 0 Å². The molecule has 6 heteroatoms. The number of nitrogens with zero attached hydrogens (tertiary/aromatic N) is 2. The third-order valence-electron chi connectivity index (χ3n) is 4.07. The molecule has 1 atom stereocenters. The number of rotatable bonds is 6. The van der Waals surface area contributed by atoms with Gasteiger partial charge in [0.1, 0.15) is 24.8 Å². The fourth-order valence-corrected chi connectivity index (χ4v) is 2.65. The van der Waals surface area contributed by atoms with Crippen molar-refractivity contribution < 1.29 is 19.4 Å². The highest BCUT2D eigenvalue weighted by atomic mass is 16.6. The van der Waals surface area contributed by atoms with Crippen LogP contribution in [0.25, 0.3) is 4.85 Å². The first-order valence-electron chi connectivity index (χ1n) is 8.42. The summed E-state index contributed by atoms with van der Waals surface area (Å²) < 4.78 is 10.9. The molecule has 1 aliphatic heterocycles. The van der Waals surface area contributed by atoms with Crippen LogP contribution >= 0.6 is 0 Å². The van der Waals surface area contributed by atoms with E-state index in [1.165, 1.54) is 4.90 Å². The normalized spacial score (nSPS) is 17.3. The van der Waals surface area contributed by atoms with Gasteiger partial charge in [0.2, 0.25) is 0 Å². The average Bonchev–Trinajstić information content (AvgIpc) is 2.50. The molecule has 1 fully saturated rings. The second kappa shape index (κ2) is 7.85. The number of hydrogen-bond donors (Lipinski definition) is 1. The first-order chi connectivity index (χ1) is 11.8. The van der Waals surface area contributed by atoms with Gasteiger partial charge >= 0.3 is 6.09 Å². The molecule has 0 saturated carbocycles. The Balaban J connectivity index is 1.75. The second-order valence-electron chi connectivity index (χ2n) is 7.39. The van der Waals surface area contributed by atoms with Gasteiger partial charge in [-0.3, -0.25) is 4.90 Å². The molecule has 25 heavy (non-hydrogen) atoms. The lowest BCUT2D eigenvalue weighted by Gasteiger charge is -2.43. The van der Waals surface area contributed by atoms with Gasteiger partial charge in [0.15, 0.2) is 0 Å². The lowest BCUT2D eigenvalue weighted by molar-refractivity contribution is -0.0399. The summed E-state index contributed by atoms with van der Waals surface area (Å²) in [5.74, 6) is 0. The lowest BCUT2D eigenvalue weighted by Crippen LogP contribution is -2.67. The minimum atomic E-state index is -0.951. The molecule has 6 nitrogen and oxygen atoms in total. The van der Waals surface area contributed by atoms with Crippen molar-refractivity contribution in [1.82, 2.24) is 4.90 Å². The maximum Gasteiger partial charge on any atom is 0.410 e. The highest BCUT2D eigenvalue weighted by Crippen LogP contribution is 2.32. The van der Waals surface area contributed by atoms with Crippen molar-refractivity contribution >= 4 is 6.09 Å². The Hall–Kier alpha value is -2.10. The van der Waals surface area contributed by atoms with Crippen molar-refractivity contribution in [3.05, 3.63) is 47.3 Å².